The zero-order valence-corrected chi connectivity index (χ0v) is 20.0. The molecule has 1 saturated heterocycles. The number of amides is 1. The number of para-hydroxylation sites is 1. The Hall–Kier alpha value is -3.22. The predicted octanol–water partition coefficient (Wildman–Crippen LogP) is 3.68. The SMILES string of the molecule is CC(C)(N)C(=O)NC(C)(C(=O)C1C[C@H](Oc2ccccc2)CCN1)c1cccc2ccccc12. The van der Waals surface area contributed by atoms with Crippen LogP contribution in [0.5, 0.6) is 5.75 Å². The number of hydrogen-bond donors (Lipinski definition) is 3. The first-order chi connectivity index (χ1) is 16.2. The first kappa shape index (κ1) is 23.9. The van der Waals surface area contributed by atoms with Crippen LogP contribution in [0.1, 0.15) is 39.2 Å². The van der Waals surface area contributed by atoms with Crippen molar-refractivity contribution in [3.05, 3.63) is 78.4 Å². The summed E-state index contributed by atoms with van der Waals surface area (Å²) >= 11 is 0. The van der Waals surface area contributed by atoms with Crippen LogP contribution in [0.3, 0.4) is 0 Å². The number of nitrogens with one attached hydrogen (secondary N) is 2. The second-order valence-corrected chi connectivity index (χ2v) is 9.78. The zero-order chi connectivity index (χ0) is 24.3. The molecule has 2 unspecified atom stereocenters. The van der Waals surface area contributed by atoms with E-state index in [0.717, 1.165) is 28.5 Å². The van der Waals surface area contributed by atoms with E-state index in [2.05, 4.69) is 10.6 Å². The van der Waals surface area contributed by atoms with E-state index >= 15 is 0 Å². The summed E-state index contributed by atoms with van der Waals surface area (Å²) in [6.07, 6.45) is 1.21. The molecule has 3 aromatic rings. The molecule has 0 aliphatic carbocycles. The molecule has 6 heteroatoms. The average molecular weight is 460 g/mol. The number of benzene rings is 3. The summed E-state index contributed by atoms with van der Waals surface area (Å²) in [6.45, 7) is 5.71. The number of ketones is 1. The molecular formula is C28H33N3O3. The van der Waals surface area contributed by atoms with Gasteiger partial charge >= 0.3 is 0 Å². The smallest absolute Gasteiger partial charge is 0.240 e. The number of hydrogen-bond acceptors (Lipinski definition) is 5. The molecule has 4 rings (SSSR count). The molecule has 178 valence electrons. The molecule has 3 atom stereocenters. The molecule has 1 fully saturated rings. The highest BCUT2D eigenvalue weighted by atomic mass is 16.5. The fourth-order valence-electron chi connectivity index (χ4n) is 4.54. The molecule has 1 aliphatic rings. The minimum absolute atomic E-state index is 0.101. The van der Waals surface area contributed by atoms with Crippen LogP contribution >= 0.6 is 0 Å². The Balaban J connectivity index is 1.68. The molecule has 1 amide bonds. The predicted molar refractivity (Wildman–Crippen MR) is 135 cm³/mol. The van der Waals surface area contributed by atoms with Gasteiger partial charge in [0.15, 0.2) is 5.78 Å². The molecule has 1 heterocycles. The maximum atomic E-state index is 14.2. The highest BCUT2D eigenvalue weighted by molar-refractivity contribution is 6.02. The van der Waals surface area contributed by atoms with Gasteiger partial charge in [-0.15, -0.1) is 0 Å². The lowest BCUT2D eigenvalue weighted by Crippen LogP contribution is -2.62. The minimum atomic E-state index is -1.28. The third-order valence-corrected chi connectivity index (χ3v) is 6.49. The fourth-order valence-corrected chi connectivity index (χ4v) is 4.54. The van der Waals surface area contributed by atoms with Gasteiger partial charge < -0.3 is 21.1 Å². The Morgan fingerprint density at radius 3 is 2.38 bits per heavy atom. The number of carbonyl (C=O) groups excluding carboxylic acids is 2. The van der Waals surface area contributed by atoms with E-state index in [4.69, 9.17) is 10.5 Å². The van der Waals surface area contributed by atoms with Crippen molar-refractivity contribution < 1.29 is 14.3 Å². The van der Waals surface area contributed by atoms with Crippen molar-refractivity contribution in [1.82, 2.24) is 10.6 Å². The first-order valence-electron chi connectivity index (χ1n) is 11.8. The van der Waals surface area contributed by atoms with E-state index in [9.17, 15) is 9.59 Å². The molecule has 6 nitrogen and oxygen atoms in total. The Labute approximate surface area is 200 Å². The van der Waals surface area contributed by atoms with E-state index in [1.807, 2.05) is 72.8 Å². The van der Waals surface area contributed by atoms with Crippen LogP contribution in [0.2, 0.25) is 0 Å². The average Bonchev–Trinajstić information content (AvgIpc) is 2.83. The molecule has 4 N–H and O–H groups in total. The summed E-state index contributed by atoms with van der Waals surface area (Å²) in [5, 5.41) is 8.29. The molecule has 3 aromatic carbocycles. The van der Waals surface area contributed by atoms with Gasteiger partial charge in [0.05, 0.1) is 11.6 Å². The molecule has 34 heavy (non-hydrogen) atoms. The summed E-state index contributed by atoms with van der Waals surface area (Å²) in [6, 6.07) is 22.9. The lowest BCUT2D eigenvalue weighted by Gasteiger charge is -2.38. The molecule has 0 spiro atoms. The Morgan fingerprint density at radius 2 is 1.65 bits per heavy atom. The zero-order valence-electron chi connectivity index (χ0n) is 20.0. The number of ether oxygens (including phenoxy) is 1. The van der Waals surface area contributed by atoms with Gasteiger partial charge in [0.1, 0.15) is 17.4 Å². The maximum Gasteiger partial charge on any atom is 0.240 e. The molecule has 0 radical (unpaired) electrons. The van der Waals surface area contributed by atoms with Crippen LogP contribution in [0.25, 0.3) is 10.8 Å². The van der Waals surface area contributed by atoms with Crippen LogP contribution in [0.15, 0.2) is 72.8 Å². The standard InChI is InChI=1S/C28H33N3O3/c1-27(2,29)26(33)31-28(3,23-15-9-11-19-10-7-8-14-22(19)23)25(32)24-18-21(16-17-30-24)34-20-12-5-4-6-13-20/h4-15,21,24,30H,16-18,29H2,1-3H3,(H,31,33)/t21-,24?,28?/m1/s1. The molecule has 0 bridgehead atoms. The van der Waals surface area contributed by atoms with Crippen LogP contribution < -0.4 is 21.1 Å². The normalized spacial score (nSPS) is 20.4. The van der Waals surface area contributed by atoms with E-state index < -0.39 is 17.1 Å². The second-order valence-electron chi connectivity index (χ2n) is 9.78. The van der Waals surface area contributed by atoms with Gasteiger partial charge in [0, 0.05) is 6.42 Å². The highest BCUT2D eigenvalue weighted by Crippen LogP contribution is 2.32. The van der Waals surface area contributed by atoms with Crippen LogP contribution in [0, 0.1) is 0 Å². The summed E-state index contributed by atoms with van der Waals surface area (Å²) in [5.74, 6) is 0.294. The van der Waals surface area contributed by atoms with E-state index in [0.29, 0.717) is 13.0 Å². The Kier molecular flexibility index (Phi) is 6.73. The number of carbonyl (C=O) groups is 2. The largest absolute Gasteiger partial charge is 0.490 e. The molecular weight excluding hydrogens is 426 g/mol. The Morgan fingerprint density at radius 1 is 0.971 bits per heavy atom. The van der Waals surface area contributed by atoms with Gasteiger partial charge in [-0.3, -0.25) is 9.59 Å². The molecule has 0 aromatic heterocycles. The Bertz CT molecular complexity index is 1170. The molecule has 0 saturated carbocycles. The lowest BCUT2D eigenvalue weighted by molar-refractivity contribution is -0.136. The highest BCUT2D eigenvalue weighted by Gasteiger charge is 2.44. The number of piperidine rings is 1. The fraction of sp³-hybridized carbons (Fsp3) is 0.357. The topological polar surface area (TPSA) is 93.5 Å². The first-order valence-corrected chi connectivity index (χ1v) is 11.8. The van der Waals surface area contributed by atoms with Gasteiger partial charge in [0.25, 0.3) is 0 Å². The van der Waals surface area contributed by atoms with Gasteiger partial charge in [-0.25, -0.2) is 0 Å². The lowest BCUT2D eigenvalue weighted by atomic mass is 9.79. The quantitative estimate of drug-likeness (QED) is 0.501. The summed E-state index contributed by atoms with van der Waals surface area (Å²) in [5.41, 5.74) is 4.44. The second kappa shape index (κ2) is 9.57. The summed E-state index contributed by atoms with van der Waals surface area (Å²) < 4.78 is 6.16. The molecule has 1 aliphatic heterocycles. The van der Waals surface area contributed by atoms with Crippen molar-refractivity contribution in [3.8, 4) is 5.75 Å². The van der Waals surface area contributed by atoms with Crippen molar-refractivity contribution in [2.75, 3.05) is 6.54 Å². The van der Waals surface area contributed by atoms with Crippen molar-refractivity contribution in [2.24, 2.45) is 5.73 Å². The van der Waals surface area contributed by atoms with Gasteiger partial charge in [0.2, 0.25) is 5.91 Å². The number of Topliss-reactive ketones (excluding diaryl/α,β-unsaturated/α-hetero) is 1. The van der Waals surface area contributed by atoms with Crippen LogP contribution in [-0.2, 0) is 15.1 Å². The van der Waals surface area contributed by atoms with Gasteiger partial charge in [-0.05, 0) is 62.2 Å². The van der Waals surface area contributed by atoms with E-state index in [1.54, 1.807) is 20.8 Å². The third-order valence-electron chi connectivity index (χ3n) is 6.49. The van der Waals surface area contributed by atoms with Gasteiger partial charge in [-0.2, -0.15) is 0 Å². The van der Waals surface area contributed by atoms with Crippen molar-refractivity contribution in [1.29, 1.82) is 0 Å². The summed E-state index contributed by atoms with van der Waals surface area (Å²) in [7, 11) is 0. The van der Waals surface area contributed by atoms with Gasteiger partial charge in [-0.1, -0.05) is 60.7 Å². The monoisotopic (exact) mass is 459 g/mol. The van der Waals surface area contributed by atoms with E-state index in [-0.39, 0.29) is 17.8 Å². The minimum Gasteiger partial charge on any atom is -0.490 e. The van der Waals surface area contributed by atoms with E-state index in [1.165, 1.54) is 0 Å². The third kappa shape index (κ3) is 4.98. The number of fused-ring (bicyclic) bond motifs is 1. The van der Waals surface area contributed by atoms with Crippen molar-refractivity contribution in [2.45, 2.75) is 56.8 Å². The van der Waals surface area contributed by atoms with Crippen molar-refractivity contribution in [3.63, 3.8) is 0 Å². The number of rotatable bonds is 7. The summed E-state index contributed by atoms with van der Waals surface area (Å²) in [4.78, 5) is 27.2. The number of nitrogens with two attached hydrogens (primary N) is 1. The maximum absolute atomic E-state index is 14.2. The van der Waals surface area contributed by atoms with Crippen molar-refractivity contribution >= 4 is 22.5 Å². The van der Waals surface area contributed by atoms with Crippen LogP contribution in [-0.4, -0.2) is 35.9 Å². The van der Waals surface area contributed by atoms with Crippen LogP contribution in [0.4, 0.5) is 0 Å².